The van der Waals surface area contributed by atoms with Crippen molar-refractivity contribution in [2.24, 2.45) is 17.6 Å². The number of ether oxygens (including phenoxy) is 6. The fourth-order valence-corrected chi connectivity index (χ4v) is 6.02. The molecule has 11 atom stereocenters. The Morgan fingerprint density at radius 2 is 1.71 bits per heavy atom. The maximum Gasteiger partial charge on any atom is 0.364 e. The smallest absolute Gasteiger partial charge is 0.364 e. The molecule has 7 unspecified atom stereocenters. The van der Waals surface area contributed by atoms with E-state index in [9.17, 15) is 50.8 Å². The molecule has 2 saturated carbocycles. The van der Waals surface area contributed by atoms with E-state index in [0.29, 0.717) is 0 Å². The van der Waals surface area contributed by atoms with E-state index in [1.165, 1.54) is 6.07 Å². The molecular weight excluding hydrogens is 570 g/mol. The molecular formula is C25H33NO16. The average molecular weight is 604 g/mol. The first kappa shape index (κ1) is 30.6. The molecule has 2 aliphatic carbocycles. The molecule has 4 aliphatic rings. The van der Waals surface area contributed by atoms with Crippen molar-refractivity contribution in [1.82, 2.24) is 0 Å². The second-order valence-corrected chi connectivity index (χ2v) is 10.4. The molecule has 0 amide bonds. The Morgan fingerprint density at radius 3 is 2.31 bits per heavy atom. The number of fused-ring (bicyclic) bond motifs is 2. The fraction of sp³-hybridized carbons (Fsp3) is 0.640. The second-order valence-electron chi connectivity index (χ2n) is 10.4. The predicted octanol–water partition coefficient (Wildman–Crippen LogP) is -4.36. The van der Waals surface area contributed by atoms with Crippen LogP contribution in [-0.2, 0) is 23.7 Å². The van der Waals surface area contributed by atoms with Gasteiger partial charge in [-0.3, -0.25) is 5.73 Å². The van der Waals surface area contributed by atoms with Gasteiger partial charge in [-0.2, -0.15) is 0 Å². The van der Waals surface area contributed by atoms with Crippen molar-refractivity contribution in [1.29, 1.82) is 0 Å². The molecule has 17 nitrogen and oxygen atoms in total. The summed E-state index contributed by atoms with van der Waals surface area (Å²) in [6.07, 6.45) is -11.0. The minimum atomic E-state index is -2.50. The van der Waals surface area contributed by atoms with Gasteiger partial charge in [0.15, 0.2) is 23.9 Å². The highest BCUT2D eigenvalue weighted by Crippen LogP contribution is 2.63. The molecule has 2 aliphatic heterocycles. The van der Waals surface area contributed by atoms with E-state index in [-0.39, 0.29) is 18.2 Å². The first-order chi connectivity index (χ1) is 19.9. The van der Waals surface area contributed by atoms with Crippen molar-refractivity contribution in [2.45, 2.75) is 60.2 Å². The van der Waals surface area contributed by atoms with Crippen molar-refractivity contribution in [2.75, 3.05) is 26.7 Å². The SMILES string of the molecule is NCOc1ccccc1OCO[C@]1(C(=O)O)CC2C(O)C2(OC2=C3C(O)[C@H](O)C([C@@H](O)CO)C3(O)O2)C([C@H](O)CO)O1. The van der Waals surface area contributed by atoms with Gasteiger partial charge in [0.05, 0.1) is 31.3 Å². The predicted molar refractivity (Wildman–Crippen MR) is 131 cm³/mol. The van der Waals surface area contributed by atoms with E-state index in [4.69, 9.17) is 34.2 Å². The number of carboxylic acids is 1. The largest absolute Gasteiger partial charge is 0.477 e. The van der Waals surface area contributed by atoms with Crippen LogP contribution in [-0.4, -0.2) is 132 Å². The van der Waals surface area contributed by atoms with Gasteiger partial charge in [0, 0.05) is 12.3 Å². The number of aliphatic carboxylic acids is 1. The van der Waals surface area contributed by atoms with Gasteiger partial charge in [-0.05, 0) is 12.1 Å². The van der Waals surface area contributed by atoms with Crippen LogP contribution in [0.3, 0.4) is 0 Å². The van der Waals surface area contributed by atoms with Gasteiger partial charge in [-0.25, -0.2) is 4.79 Å². The van der Waals surface area contributed by atoms with Gasteiger partial charge in [-0.15, -0.1) is 0 Å². The van der Waals surface area contributed by atoms with Gasteiger partial charge in [0.25, 0.3) is 17.5 Å². The van der Waals surface area contributed by atoms with Crippen LogP contribution in [0, 0.1) is 11.8 Å². The third-order valence-corrected chi connectivity index (χ3v) is 8.19. The van der Waals surface area contributed by atoms with Gasteiger partial charge in [-0.1, -0.05) is 12.1 Å². The van der Waals surface area contributed by atoms with Crippen molar-refractivity contribution in [3.8, 4) is 11.5 Å². The third kappa shape index (κ3) is 4.49. The molecule has 1 aromatic rings. The summed E-state index contributed by atoms with van der Waals surface area (Å²) < 4.78 is 33.0. The summed E-state index contributed by atoms with van der Waals surface area (Å²) in [5, 5.41) is 92.5. The number of carbonyl (C=O) groups is 1. The van der Waals surface area contributed by atoms with Crippen LogP contribution in [0.2, 0.25) is 0 Å². The van der Waals surface area contributed by atoms with Crippen molar-refractivity contribution < 1.29 is 79.2 Å². The summed E-state index contributed by atoms with van der Waals surface area (Å²) in [4.78, 5) is 12.4. The van der Waals surface area contributed by atoms with Crippen LogP contribution < -0.4 is 15.2 Å². The number of para-hydroxylation sites is 2. The lowest BCUT2D eigenvalue weighted by molar-refractivity contribution is -0.334. The van der Waals surface area contributed by atoms with Crippen molar-refractivity contribution >= 4 is 5.97 Å². The molecule has 234 valence electrons. The Morgan fingerprint density at radius 1 is 1.07 bits per heavy atom. The minimum absolute atomic E-state index is 0.163. The molecule has 0 radical (unpaired) electrons. The zero-order chi connectivity index (χ0) is 30.6. The number of hydrogen-bond acceptors (Lipinski definition) is 16. The van der Waals surface area contributed by atoms with Crippen molar-refractivity contribution in [3.05, 3.63) is 35.8 Å². The molecule has 0 bridgehead atoms. The van der Waals surface area contributed by atoms with E-state index >= 15 is 0 Å². The van der Waals surface area contributed by atoms with Crippen LogP contribution in [0.5, 0.6) is 11.5 Å². The highest BCUT2D eigenvalue weighted by Gasteiger charge is 2.81. The Hall–Kier alpha value is -2.81. The maximum atomic E-state index is 12.4. The first-order valence-corrected chi connectivity index (χ1v) is 13.0. The number of rotatable bonds is 13. The minimum Gasteiger partial charge on any atom is -0.477 e. The zero-order valence-electron chi connectivity index (χ0n) is 21.9. The van der Waals surface area contributed by atoms with Crippen LogP contribution in [0.4, 0.5) is 0 Å². The summed E-state index contributed by atoms with van der Waals surface area (Å²) in [5.74, 6) is -9.43. The van der Waals surface area contributed by atoms with Gasteiger partial charge >= 0.3 is 5.97 Å². The summed E-state index contributed by atoms with van der Waals surface area (Å²) in [7, 11) is 0. The summed E-state index contributed by atoms with van der Waals surface area (Å²) in [6.45, 7) is -2.70. The number of benzene rings is 1. The maximum absolute atomic E-state index is 12.4. The van der Waals surface area contributed by atoms with Gasteiger partial charge in [0.2, 0.25) is 0 Å². The number of aliphatic hydroxyl groups is 8. The Balaban J connectivity index is 1.39. The molecule has 0 aromatic heterocycles. The average Bonchev–Trinajstić information content (AvgIpc) is 3.49. The zero-order valence-corrected chi connectivity index (χ0v) is 21.9. The lowest BCUT2D eigenvalue weighted by Gasteiger charge is -2.46. The monoisotopic (exact) mass is 603 g/mol. The first-order valence-electron chi connectivity index (χ1n) is 13.0. The van der Waals surface area contributed by atoms with Crippen LogP contribution >= 0.6 is 0 Å². The van der Waals surface area contributed by atoms with Crippen molar-refractivity contribution in [3.63, 3.8) is 0 Å². The van der Waals surface area contributed by atoms with E-state index < -0.39 is 110 Å². The molecule has 11 N–H and O–H groups in total. The standard InChI is InChI=1S/C25H33NO16/c26-8-37-13-3-1-2-4-14(13)38-9-39-23(22(34)35)5-10-19(33)24(10,20(40-23)12(30)7-28)41-21-16-18(32)17(31)15(11(29)6-27)25(16,36)42-21/h1-4,10-12,15,17-20,27-33,36H,5-9,26H2,(H,34,35)/t10?,11-,12+,15?,17+,18?,19?,20?,23+,24?,25?/m0/s1. The third-order valence-electron chi connectivity index (χ3n) is 8.19. The molecule has 2 heterocycles. The molecule has 0 spiro atoms. The molecule has 1 saturated heterocycles. The fourth-order valence-electron chi connectivity index (χ4n) is 6.02. The number of nitrogens with two attached hydrogens (primary N) is 1. The normalized spacial score (nSPS) is 39.7. The Bertz CT molecular complexity index is 1210. The molecule has 5 rings (SSSR count). The van der Waals surface area contributed by atoms with E-state index in [1.807, 2.05) is 0 Å². The van der Waals surface area contributed by atoms with Gasteiger partial charge in [0.1, 0.15) is 36.7 Å². The summed E-state index contributed by atoms with van der Waals surface area (Å²) in [5.41, 5.74) is 3.05. The Kier molecular flexibility index (Phi) is 8.05. The van der Waals surface area contributed by atoms with E-state index in [1.54, 1.807) is 18.2 Å². The molecule has 1 aromatic carbocycles. The van der Waals surface area contributed by atoms with Crippen LogP contribution in [0.1, 0.15) is 6.42 Å². The summed E-state index contributed by atoms with van der Waals surface area (Å²) in [6, 6.07) is 6.34. The van der Waals surface area contributed by atoms with E-state index in [0.717, 1.165) is 0 Å². The molecule has 42 heavy (non-hydrogen) atoms. The van der Waals surface area contributed by atoms with E-state index in [2.05, 4.69) is 0 Å². The number of aliphatic hydroxyl groups excluding tert-OH is 7. The quantitative estimate of drug-likeness (QED) is 0.0953. The Labute approximate surface area is 237 Å². The van der Waals surface area contributed by atoms with Gasteiger partial charge < -0.3 is 74.4 Å². The topological polar surface area (TPSA) is 281 Å². The highest BCUT2D eigenvalue weighted by atomic mass is 16.8. The molecule has 17 heteroatoms. The molecule has 3 fully saturated rings. The van der Waals surface area contributed by atoms with Crippen LogP contribution in [0.25, 0.3) is 0 Å². The lowest BCUT2D eigenvalue weighted by atomic mass is 9.91. The lowest BCUT2D eigenvalue weighted by Crippen LogP contribution is -2.61. The number of hydrogen-bond donors (Lipinski definition) is 10. The van der Waals surface area contributed by atoms with Crippen LogP contribution in [0.15, 0.2) is 35.8 Å². The number of carboxylic acid groups (broad SMARTS) is 1. The highest BCUT2D eigenvalue weighted by molar-refractivity contribution is 5.76. The second kappa shape index (κ2) is 11.0. The summed E-state index contributed by atoms with van der Waals surface area (Å²) >= 11 is 0.